The maximum atomic E-state index is 10.6. The van der Waals surface area contributed by atoms with E-state index >= 15 is 0 Å². The molecule has 0 bridgehead atoms. The molecule has 17 heavy (non-hydrogen) atoms. The number of hydrogen-bond acceptors (Lipinski definition) is 5. The van der Waals surface area contributed by atoms with Gasteiger partial charge in [0.2, 0.25) is 0 Å². The average molecular weight is 240 g/mol. The van der Waals surface area contributed by atoms with Gasteiger partial charge < -0.3 is 15.6 Å². The van der Waals surface area contributed by atoms with Crippen LogP contribution in [0.15, 0.2) is 18.2 Å². The summed E-state index contributed by atoms with van der Waals surface area (Å²) < 4.78 is 4.86. The van der Waals surface area contributed by atoms with Crippen LogP contribution in [-0.4, -0.2) is 23.1 Å². The van der Waals surface area contributed by atoms with E-state index in [1.54, 1.807) is 0 Å². The van der Waals surface area contributed by atoms with Crippen molar-refractivity contribution in [1.29, 1.82) is 0 Å². The largest absolute Gasteiger partial charge is 0.490 e. The summed E-state index contributed by atoms with van der Waals surface area (Å²) in [5.41, 5.74) is 5.94. The number of nitro groups is 1. The molecule has 1 atom stereocenters. The molecule has 0 aliphatic heterocycles. The van der Waals surface area contributed by atoms with Crippen LogP contribution >= 0.6 is 0 Å². The van der Waals surface area contributed by atoms with Crippen LogP contribution in [0.3, 0.4) is 0 Å². The first-order valence-corrected chi connectivity index (χ1v) is 4.75. The molecule has 1 unspecified atom stereocenters. The molecular formula is C10H12N2O5. The molecule has 1 aromatic carbocycles. The highest BCUT2D eigenvalue weighted by Gasteiger charge is 2.18. The summed E-state index contributed by atoms with van der Waals surface area (Å²) in [5.74, 6) is -0.969. The minimum Gasteiger partial charge on any atom is -0.490 e. The van der Waals surface area contributed by atoms with E-state index < -0.39 is 16.9 Å². The molecule has 0 aliphatic rings. The normalized spacial score (nSPS) is 11.9. The molecule has 3 N–H and O–H groups in total. The van der Waals surface area contributed by atoms with Crippen molar-refractivity contribution in [2.45, 2.75) is 12.5 Å². The highest BCUT2D eigenvalue weighted by molar-refractivity contribution is 5.68. The fourth-order valence-electron chi connectivity index (χ4n) is 1.38. The number of carboxylic acids is 1. The number of rotatable bonds is 5. The second-order valence-corrected chi connectivity index (χ2v) is 3.39. The summed E-state index contributed by atoms with van der Waals surface area (Å²) in [6.45, 7) is 0. The second kappa shape index (κ2) is 5.26. The van der Waals surface area contributed by atoms with Gasteiger partial charge in [-0.25, -0.2) is 0 Å². The van der Waals surface area contributed by atoms with Crippen LogP contribution < -0.4 is 10.5 Å². The van der Waals surface area contributed by atoms with E-state index in [9.17, 15) is 14.9 Å². The van der Waals surface area contributed by atoms with Gasteiger partial charge in [0.25, 0.3) is 0 Å². The number of methoxy groups -OCH3 is 1. The van der Waals surface area contributed by atoms with Gasteiger partial charge in [-0.15, -0.1) is 0 Å². The third kappa shape index (κ3) is 3.15. The van der Waals surface area contributed by atoms with Crippen molar-refractivity contribution in [3.05, 3.63) is 33.9 Å². The fraction of sp³-hybridized carbons (Fsp3) is 0.300. The number of nitrogens with two attached hydrogens (primary N) is 1. The van der Waals surface area contributed by atoms with Gasteiger partial charge in [-0.05, 0) is 11.6 Å². The van der Waals surface area contributed by atoms with Crippen LogP contribution in [0.1, 0.15) is 18.0 Å². The lowest BCUT2D eigenvalue weighted by Crippen LogP contribution is -2.15. The molecule has 1 aromatic rings. The molecule has 0 heterocycles. The molecule has 0 fully saturated rings. The van der Waals surface area contributed by atoms with Crippen LogP contribution in [-0.2, 0) is 4.79 Å². The van der Waals surface area contributed by atoms with Gasteiger partial charge in [-0.2, -0.15) is 0 Å². The Morgan fingerprint density at radius 3 is 2.76 bits per heavy atom. The van der Waals surface area contributed by atoms with Gasteiger partial charge in [0.1, 0.15) is 0 Å². The molecule has 7 heteroatoms. The minimum absolute atomic E-state index is 0.0633. The Hall–Kier alpha value is -2.15. The van der Waals surface area contributed by atoms with Gasteiger partial charge >= 0.3 is 11.7 Å². The van der Waals surface area contributed by atoms with E-state index in [0.717, 1.165) is 0 Å². The Kier molecular flexibility index (Phi) is 4.00. The lowest BCUT2D eigenvalue weighted by atomic mass is 10.0. The Morgan fingerprint density at radius 1 is 1.65 bits per heavy atom. The number of ether oxygens (including phenoxy) is 1. The molecule has 7 nitrogen and oxygen atoms in total. The summed E-state index contributed by atoms with van der Waals surface area (Å²) >= 11 is 0. The van der Waals surface area contributed by atoms with Crippen LogP contribution in [0.2, 0.25) is 0 Å². The molecule has 1 rings (SSSR count). The monoisotopic (exact) mass is 240 g/mol. The molecule has 0 spiro atoms. The van der Waals surface area contributed by atoms with Crippen molar-refractivity contribution < 1.29 is 19.6 Å². The van der Waals surface area contributed by atoms with E-state index in [1.165, 1.54) is 25.3 Å². The summed E-state index contributed by atoms with van der Waals surface area (Å²) in [6, 6.07) is 3.33. The number of carbonyl (C=O) groups is 1. The summed E-state index contributed by atoms with van der Waals surface area (Å²) in [7, 11) is 1.30. The predicted octanol–water partition coefficient (Wildman–Crippen LogP) is 1.08. The SMILES string of the molecule is COc1cc(C(N)CC(=O)O)ccc1[N+](=O)[O-]. The third-order valence-corrected chi connectivity index (χ3v) is 2.22. The van der Waals surface area contributed by atoms with Crippen LogP contribution in [0.25, 0.3) is 0 Å². The predicted molar refractivity (Wildman–Crippen MR) is 58.8 cm³/mol. The zero-order chi connectivity index (χ0) is 13.0. The van der Waals surface area contributed by atoms with Crippen molar-refractivity contribution >= 4 is 11.7 Å². The summed E-state index contributed by atoms with van der Waals surface area (Å²) in [4.78, 5) is 20.6. The smallest absolute Gasteiger partial charge is 0.310 e. The maximum Gasteiger partial charge on any atom is 0.310 e. The van der Waals surface area contributed by atoms with E-state index in [-0.39, 0.29) is 17.9 Å². The first kappa shape index (κ1) is 12.9. The molecule has 0 aliphatic carbocycles. The van der Waals surface area contributed by atoms with Gasteiger partial charge in [0.15, 0.2) is 5.75 Å². The minimum atomic E-state index is -1.03. The molecule has 0 saturated heterocycles. The highest BCUT2D eigenvalue weighted by Crippen LogP contribution is 2.29. The zero-order valence-electron chi connectivity index (χ0n) is 9.12. The van der Waals surface area contributed by atoms with E-state index in [1.807, 2.05) is 0 Å². The number of carboxylic acid groups (broad SMARTS) is 1. The van der Waals surface area contributed by atoms with Crippen LogP contribution in [0, 0.1) is 10.1 Å². The second-order valence-electron chi connectivity index (χ2n) is 3.39. The van der Waals surface area contributed by atoms with Gasteiger partial charge in [-0.3, -0.25) is 14.9 Å². The van der Waals surface area contributed by atoms with Crippen molar-refractivity contribution in [2.75, 3.05) is 7.11 Å². The molecule has 0 saturated carbocycles. The van der Waals surface area contributed by atoms with Gasteiger partial charge in [0, 0.05) is 12.1 Å². The Balaban J connectivity index is 3.04. The summed E-state index contributed by atoms with van der Waals surface area (Å²) in [6.07, 6.45) is -0.249. The molecule has 0 aromatic heterocycles. The van der Waals surface area contributed by atoms with Crippen LogP contribution in [0.5, 0.6) is 5.75 Å². The van der Waals surface area contributed by atoms with Crippen molar-refractivity contribution in [1.82, 2.24) is 0 Å². The first-order chi connectivity index (χ1) is 7.95. The third-order valence-electron chi connectivity index (χ3n) is 2.22. The Bertz CT molecular complexity index is 446. The van der Waals surface area contributed by atoms with Crippen molar-refractivity contribution in [2.24, 2.45) is 5.73 Å². The number of benzene rings is 1. The van der Waals surface area contributed by atoms with Crippen molar-refractivity contribution in [3.63, 3.8) is 0 Å². The van der Waals surface area contributed by atoms with Gasteiger partial charge in [-0.1, -0.05) is 6.07 Å². The number of nitrogens with zero attached hydrogens (tertiary/aromatic N) is 1. The van der Waals surface area contributed by atoms with E-state index in [0.29, 0.717) is 5.56 Å². The van der Waals surface area contributed by atoms with E-state index in [2.05, 4.69) is 0 Å². The fourth-order valence-corrected chi connectivity index (χ4v) is 1.38. The summed E-state index contributed by atoms with van der Waals surface area (Å²) in [5, 5.41) is 19.2. The average Bonchev–Trinajstić information content (AvgIpc) is 2.27. The molecular weight excluding hydrogens is 228 g/mol. The number of nitro benzene ring substituents is 1. The van der Waals surface area contributed by atoms with Crippen LogP contribution in [0.4, 0.5) is 5.69 Å². The molecule has 0 radical (unpaired) electrons. The Labute approximate surface area is 97.0 Å². The number of hydrogen-bond donors (Lipinski definition) is 2. The quantitative estimate of drug-likeness (QED) is 0.587. The maximum absolute atomic E-state index is 10.6. The van der Waals surface area contributed by atoms with Crippen molar-refractivity contribution in [3.8, 4) is 5.75 Å². The standard InChI is InChI=1S/C10H12N2O5/c1-17-9-4-6(7(11)5-10(13)14)2-3-8(9)12(15)16/h2-4,7H,5,11H2,1H3,(H,13,14). The highest BCUT2D eigenvalue weighted by atomic mass is 16.6. The number of aliphatic carboxylic acids is 1. The first-order valence-electron chi connectivity index (χ1n) is 4.75. The molecule has 92 valence electrons. The topological polar surface area (TPSA) is 116 Å². The van der Waals surface area contributed by atoms with E-state index in [4.69, 9.17) is 15.6 Å². The molecule has 0 amide bonds. The van der Waals surface area contributed by atoms with Gasteiger partial charge in [0.05, 0.1) is 18.5 Å². The lowest BCUT2D eigenvalue weighted by molar-refractivity contribution is -0.385. The Morgan fingerprint density at radius 2 is 2.29 bits per heavy atom. The lowest BCUT2D eigenvalue weighted by Gasteiger charge is -2.10. The zero-order valence-corrected chi connectivity index (χ0v) is 9.12.